The minimum atomic E-state index is -2.02. The molecule has 2 aromatic carbocycles. The molecule has 8 heteroatoms. The van der Waals surface area contributed by atoms with Crippen LogP contribution in [0.5, 0.6) is 0 Å². The molecule has 29 heavy (non-hydrogen) atoms. The van der Waals surface area contributed by atoms with Crippen molar-refractivity contribution >= 4 is 56.8 Å². The summed E-state index contributed by atoms with van der Waals surface area (Å²) in [5, 5.41) is 14.2. The Bertz CT molecular complexity index is 1420. The Balaban J connectivity index is 1.84. The highest BCUT2D eigenvalue weighted by molar-refractivity contribution is 6.32. The number of aromatic amines is 2. The number of benzene rings is 2. The van der Waals surface area contributed by atoms with Crippen molar-refractivity contribution in [1.82, 2.24) is 14.9 Å². The van der Waals surface area contributed by atoms with E-state index in [4.69, 9.17) is 23.2 Å². The van der Waals surface area contributed by atoms with Gasteiger partial charge in [-0.05, 0) is 30.3 Å². The number of likely N-dealkylation sites (tertiary alicyclic amines) is 1. The van der Waals surface area contributed by atoms with Crippen LogP contribution in [-0.4, -0.2) is 38.8 Å². The molecule has 1 unspecified atom stereocenters. The van der Waals surface area contributed by atoms with Gasteiger partial charge in [0.25, 0.3) is 5.91 Å². The van der Waals surface area contributed by atoms with Crippen molar-refractivity contribution in [3.05, 3.63) is 57.6 Å². The van der Waals surface area contributed by atoms with E-state index >= 15 is 0 Å². The first-order chi connectivity index (χ1) is 13.8. The van der Waals surface area contributed by atoms with Crippen LogP contribution in [0.3, 0.4) is 0 Å². The van der Waals surface area contributed by atoms with Gasteiger partial charge in [-0.1, -0.05) is 29.3 Å². The zero-order valence-electron chi connectivity index (χ0n) is 15.0. The number of likely N-dealkylation sites (N-methyl/N-ethyl adjacent to an activating group) is 1. The summed E-state index contributed by atoms with van der Waals surface area (Å²) in [6.07, 6.45) is 0. The van der Waals surface area contributed by atoms with E-state index in [9.17, 15) is 14.7 Å². The molecule has 1 fully saturated rings. The lowest BCUT2D eigenvalue weighted by atomic mass is 9.72. The third kappa shape index (κ3) is 1.87. The number of carbonyl (C=O) groups is 2. The van der Waals surface area contributed by atoms with Gasteiger partial charge in [0.05, 0.1) is 11.4 Å². The smallest absolute Gasteiger partial charge is 0.266 e. The number of nitrogens with zero attached hydrogens (tertiary/aromatic N) is 1. The molecule has 1 aliphatic heterocycles. The summed E-state index contributed by atoms with van der Waals surface area (Å²) in [7, 11) is 1.40. The van der Waals surface area contributed by atoms with Gasteiger partial charge in [-0.15, -0.1) is 0 Å². The fourth-order valence-corrected chi connectivity index (χ4v) is 5.22. The van der Waals surface area contributed by atoms with E-state index in [1.807, 2.05) is 0 Å². The zero-order valence-corrected chi connectivity index (χ0v) is 16.5. The number of H-pyrrole nitrogens is 2. The number of imide groups is 1. The monoisotopic (exact) mass is 425 g/mol. The molecule has 2 aromatic heterocycles. The van der Waals surface area contributed by atoms with Crippen molar-refractivity contribution < 1.29 is 14.7 Å². The van der Waals surface area contributed by atoms with Crippen LogP contribution >= 0.6 is 23.2 Å². The van der Waals surface area contributed by atoms with Gasteiger partial charge >= 0.3 is 0 Å². The van der Waals surface area contributed by atoms with Crippen molar-refractivity contribution in [2.45, 2.75) is 11.5 Å². The molecule has 0 spiro atoms. The topological polar surface area (TPSA) is 89.2 Å². The first-order valence-corrected chi connectivity index (χ1v) is 9.75. The number of hydrogen-bond donors (Lipinski definition) is 3. The largest absolute Gasteiger partial charge is 0.374 e. The summed E-state index contributed by atoms with van der Waals surface area (Å²) in [6, 6.07) is 10.5. The van der Waals surface area contributed by atoms with Gasteiger partial charge in [0.15, 0.2) is 5.60 Å². The van der Waals surface area contributed by atoms with Gasteiger partial charge in [-0.3, -0.25) is 14.5 Å². The Labute approximate surface area is 174 Å². The second-order valence-corrected chi connectivity index (χ2v) is 8.44. The summed E-state index contributed by atoms with van der Waals surface area (Å²) in [4.78, 5) is 33.9. The summed E-state index contributed by atoms with van der Waals surface area (Å²) >= 11 is 12.4. The van der Waals surface area contributed by atoms with Crippen LogP contribution in [0.15, 0.2) is 36.4 Å². The van der Waals surface area contributed by atoms with Crippen molar-refractivity contribution in [2.75, 3.05) is 7.05 Å². The Morgan fingerprint density at radius 2 is 1.66 bits per heavy atom. The van der Waals surface area contributed by atoms with Crippen LogP contribution in [0.2, 0.25) is 10.0 Å². The van der Waals surface area contributed by atoms with Gasteiger partial charge in [-0.2, -0.15) is 0 Å². The molecule has 4 aromatic rings. The summed E-state index contributed by atoms with van der Waals surface area (Å²) < 4.78 is 0. The third-order valence-corrected chi connectivity index (χ3v) is 6.58. The lowest BCUT2D eigenvalue weighted by Crippen LogP contribution is -2.41. The summed E-state index contributed by atoms with van der Waals surface area (Å²) in [5.41, 5.74) is 1.61. The molecule has 1 aliphatic carbocycles. The third-order valence-electron chi connectivity index (χ3n) is 6.11. The minimum Gasteiger partial charge on any atom is -0.374 e. The maximum absolute atomic E-state index is 13.2. The molecule has 2 aliphatic rings. The number of hydrogen-bond acceptors (Lipinski definition) is 3. The maximum atomic E-state index is 13.2. The lowest BCUT2D eigenvalue weighted by Gasteiger charge is -2.31. The number of rotatable bonds is 0. The standard InChI is InChI=1S/C21H13Cl2N3O3/c1-26-19(27)16-14-10-4-2-9(23)7-13(10)25-17(14)18-15(21(16,29)20(26)28)11-6-8(22)3-5-12(11)24-18/h2-7,16,24-25,29H,1H3/t16?,21-/m0/s1. The molecule has 0 saturated carbocycles. The van der Waals surface area contributed by atoms with E-state index in [-0.39, 0.29) is 0 Å². The highest BCUT2D eigenvalue weighted by atomic mass is 35.5. The van der Waals surface area contributed by atoms with Crippen LogP contribution in [0.1, 0.15) is 17.0 Å². The average molecular weight is 426 g/mol. The Morgan fingerprint density at radius 3 is 2.45 bits per heavy atom. The number of fused-ring (bicyclic) bond motifs is 10. The molecule has 6 nitrogen and oxygen atoms in total. The quantitative estimate of drug-likeness (QED) is 0.373. The van der Waals surface area contributed by atoms with Gasteiger partial charge in [0, 0.05) is 50.0 Å². The van der Waals surface area contributed by atoms with E-state index in [0.717, 1.165) is 15.8 Å². The molecule has 144 valence electrons. The maximum Gasteiger partial charge on any atom is 0.266 e. The van der Waals surface area contributed by atoms with E-state index in [1.54, 1.807) is 36.4 Å². The SMILES string of the molecule is CN1C(=O)C2c3c([nH]c4cc(Cl)ccc34)-c3[nH]c4ccc(Cl)cc4c3[C@@]2(O)C1=O. The first-order valence-electron chi connectivity index (χ1n) is 9.00. The van der Waals surface area contributed by atoms with Gasteiger partial charge in [-0.25, -0.2) is 0 Å². The molecular weight excluding hydrogens is 413 g/mol. The van der Waals surface area contributed by atoms with Crippen LogP contribution in [0.25, 0.3) is 33.2 Å². The normalized spacial score (nSPS) is 23.0. The first kappa shape index (κ1) is 17.1. The fourth-order valence-electron chi connectivity index (χ4n) is 4.87. The number of nitrogens with one attached hydrogen (secondary N) is 2. The van der Waals surface area contributed by atoms with E-state index in [2.05, 4.69) is 9.97 Å². The van der Waals surface area contributed by atoms with E-state index in [0.29, 0.717) is 43.5 Å². The zero-order chi connectivity index (χ0) is 20.2. The number of carbonyl (C=O) groups excluding carboxylic acids is 2. The predicted molar refractivity (Wildman–Crippen MR) is 110 cm³/mol. The number of amides is 2. The Morgan fingerprint density at radius 1 is 0.966 bits per heavy atom. The minimum absolute atomic E-state index is 0.368. The van der Waals surface area contributed by atoms with E-state index < -0.39 is 23.3 Å². The highest BCUT2D eigenvalue weighted by Crippen LogP contribution is 2.57. The highest BCUT2D eigenvalue weighted by Gasteiger charge is 2.64. The van der Waals surface area contributed by atoms with Crippen molar-refractivity contribution in [3.63, 3.8) is 0 Å². The van der Waals surface area contributed by atoms with Crippen molar-refractivity contribution in [3.8, 4) is 11.4 Å². The molecule has 3 heterocycles. The molecule has 0 radical (unpaired) electrons. The average Bonchev–Trinajstić information content (AvgIpc) is 3.29. The van der Waals surface area contributed by atoms with E-state index in [1.165, 1.54) is 7.05 Å². The van der Waals surface area contributed by atoms with Gasteiger partial charge < -0.3 is 15.1 Å². The predicted octanol–water partition coefficient (Wildman–Crippen LogP) is 3.91. The molecule has 2 atom stereocenters. The molecule has 2 amide bonds. The van der Waals surface area contributed by atoms with Crippen LogP contribution < -0.4 is 0 Å². The lowest BCUT2D eigenvalue weighted by molar-refractivity contribution is -0.145. The number of aliphatic hydroxyl groups is 1. The van der Waals surface area contributed by atoms with Gasteiger partial charge in [0.1, 0.15) is 5.92 Å². The van der Waals surface area contributed by atoms with Crippen LogP contribution in [0, 0.1) is 0 Å². The molecule has 0 bridgehead atoms. The summed E-state index contributed by atoms with van der Waals surface area (Å²) in [6.45, 7) is 0. The van der Waals surface area contributed by atoms with Crippen molar-refractivity contribution in [2.24, 2.45) is 0 Å². The van der Waals surface area contributed by atoms with Crippen LogP contribution in [-0.2, 0) is 15.2 Å². The van der Waals surface area contributed by atoms with Crippen molar-refractivity contribution in [1.29, 1.82) is 0 Å². The molecule has 6 rings (SSSR count). The number of halogens is 2. The molecule has 3 N–H and O–H groups in total. The summed E-state index contributed by atoms with van der Waals surface area (Å²) in [5.74, 6) is -2.16. The second kappa shape index (κ2) is 5.21. The van der Waals surface area contributed by atoms with Gasteiger partial charge in [0.2, 0.25) is 5.91 Å². The molecular formula is C21H13Cl2N3O3. The number of aromatic nitrogens is 2. The Kier molecular flexibility index (Phi) is 3.07. The Hall–Kier alpha value is -2.80. The molecule has 1 saturated heterocycles. The van der Waals surface area contributed by atoms with Crippen LogP contribution in [0.4, 0.5) is 0 Å². The second-order valence-electron chi connectivity index (χ2n) is 7.57. The fraction of sp³-hybridized carbons (Fsp3) is 0.143.